The Bertz CT molecular complexity index is 941. The Morgan fingerprint density at radius 2 is 2.21 bits per heavy atom. The maximum absolute atomic E-state index is 12.2. The van der Waals surface area contributed by atoms with Crippen LogP contribution in [0.4, 0.5) is 10.5 Å². The molecular formula is C23H33N7O4. The third-order valence-corrected chi connectivity index (χ3v) is 5.12. The Morgan fingerprint density at radius 3 is 2.88 bits per heavy atom. The predicted octanol–water partition coefficient (Wildman–Crippen LogP) is 1.72. The fourth-order valence-electron chi connectivity index (χ4n) is 2.90. The molecule has 1 amide bonds. The van der Waals surface area contributed by atoms with Gasteiger partial charge in [-0.3, -0.25) is 10.2 Å². The van der Waals surface area contributed by atoms with Crippen LogP contribution in [0, 0.1) is 11.3 Å². The molecule has 3 atom stereocenters. The van der Waals surface area contributed by atoms with E-state index in [1.54, 1.807) is 38.4 Å². The van der Waals surface area contributed by atoms with E-state index in [2.05, 4.69) is 27.0 Å². The summed E-state index contributed by atoms with van der Waals surface area (Å²) in [4.78, 5) is 18.1. The van der Waals surface area contributed by atoms with Crippen molar-refractivity contribution in [3.8, 4) is 11.8 Å². The van der Waals surface area contributed by atoms with E-state index in [4.69, 9.17) is 19.9 Å². The van der Waals surface area contributed by atoms with Gasteiger partial charge in [0.15, 0.2) is 6.10 Å². The van der Waals surface area contributed by atoms with Crippen molar-refractivity contribution in [3.05, 3.63) is 47.9 Å². The van der Waals surface area contributed by atoms with E-state index >= 15 is 0 Å². The molecule has 11 nitrogen and oxygen atoms in total. The minimum Gasteiger partial charge on any atom is -0.472 e. The van der Waals surface area contributed by atoms with Gasteiger partial charge in [-0.2, -0.15) is 5.26 Å². The van der Waals surface area contributed by atoms with Gasteiger partial charge in [0.1, 0.15) is 24.2 Å². The van der Waals surface area contributed by atoms with Gasteiger partial charge in [0.25, 0.3) is 0 Å². The van der Waals surface area contributed by atoms with Gasteiger partial charge in [0.2, 0.25) is 6.35 Å². The average molecular weight is 472 g/mol. The van der Waals surface area contributed by atoms with Gasteiger partial charge < -0.3 is 30.6 Å². The highest BCUT2D eigenvalue weighted by atomic mass is 16.6. The van der Waals surface area contributed by atoms with E-state index in [0.29, 0.717) is 23.8 Å². The maximum atomic E-state index is 12.2. The molecule has 0 spiro atoms. The lowest BCUT2D eigenvalue weighted by Crippen LogP contribution is -2.43. The Morgan fingerprint density at radius 1 is 1.44 bits per heavy atom. The number of allylic oxidation sites excluding steroid dienone is 2. The molecule has 1 aromatic carbocycles. The van der Waals surface area contributed by atoms with Crippen LogP contribution in [0.5, 0.6) is 5.75 Å². The zero-order chi connectivity index (χ0) is 24.9. The summed E-state index contributed by atoms with van der Waals surface area (Å²) in [6.45, 7) is 4.31. The fraction of sp³-hybridized carbons (Fsp3) is 0.435. The van der Waals surface area contributed by atoms with E-state index in [9.17, 15) is 10.1 Å². The second-order valence-corrected chi connectivity index (χ2v) is 7.44. The molecule has 1 aliphatic rings. The van der Waals surface area contributed by atoms with E-state index in [1.165, 1.54) is 0 Å². The molecule has 5 N–H and O–H groups in total. The first-order valence-corrected chi connectivity index (χ1v) is 10.9. The number of hydrogen-bond donors (Lipinski definition) is 4. The normalized spacial score (nSPS) is 17.1. The van der Waals surface area contributed by atoms with Gasteiger partial charge in [0.05, 0.1) is 18.3 Å². The van der Waals surface area contributed by atoms with Crippen molar-refractivity contribution in [2.75, 3.05) is 39.2 Å². The van der Waals surface area contributed by atoms with Crippen molar-refractivity contribution in [1.29, 1.82) is 5.26 Å². The first kappa shape index (κ1) is 26.5. The molecule has 0 radical (unpaired) electrons. The summed E-state index contributed by atoms with van der Waals surface area (Å²) in [7, 11) is 3.63. The van der Waals surface area contributed by atoms with Crippen LogP contribution in [-0.4, -0.2) is 69.6 Å². The Balaban J connectivity index is 1.75. The highest BCUT2D eigenvalue weighted by molar-refractivity contribution is 5.72. The number of hydrogen-bond acceptors (Lipinski definition) is 10. The molecule has 0 fully saturated rings. The number of carbonyl (C=O) groups excluding carboxylic acids is 1. The number of nitriles is 1. The summed E-state index contributed by atoms with van der Waals surface area (Å²) in [5.41, 5.74) is 6.99. The molecule has 1 heterocycles. The lowest BCUT2D eigenvalue weighted by molar-refractivity contribution is 0.0540. The van der Waals surface area contributed by atoms with Crippen molar-refractivity contribution in [2.45, 2.75) is 32.3 Å². The van der Waals surface area contributed by atoms with Crippen LogP contribution in [0.25, 0.3) is 0 Å². The SMILES string of the molecule is C/C=C(/COC1N=CC=C(N)N1)NC(=O)OCCN(C)[C@@H](C)C(C#N)Oc1ccccc1NC. The smallest absolute Gasteiger partial charge is 0.411 e. The van der Waals surface area contributed by atoms with Crippen LogP contribution in [-0.2, 0) is 9.47 Å². The van der Waals surface area contributed by atoms with E-state index in [0.717, 1.165) is 5.69 Å². The van der Waals surface area contributed by atoms with E-state index in [1.807, 2.05) is 37.1 Å². The number of aliphatic imine (C=N–C) groups is 1. The molecule has 2 unspecified atom stereocenters. The molecular weight excluding hydrogens is 438 g/mol. The Hall–Kier alpha value is -3.75. The number of amides is 1. The molecule has 1 aliphatic heterocycles. The third-order valence-electron chi connectivity index (χ3n) is 5.12. The van der Waals surface area contributed by atoms with Gasteiger partial charge in [-0.15, -0.1) is 0 Å². The lowest BCUT2D eigenvalue weighted by Gasteiger charge is -2.28. The van der Waals surface area contributed by atoms with Gasteiger partial charge in [-0.25, -0.2) is 9.79 Å². The number of nitrogens with one attached hydrogen (secondary N) is 3. The van der Waals surface area contributed by atoms with Crippen LogP contribution >= 0.6 is 0 Å². The van der Waals surface area contributed by atoms with Crippen LogP contribution in [0.1, 0.15) is 13.8 Å². The lowest BCUT2D eigenvalue weighted by atomic mass is 10.1. The van der Waals surface area contributed by atoms with Crippen molar-refractivity contribution in [3.63, 3.8) is 0 Å². The number of ether oxygens (including phenoxy) is 3. The standard InChI is InChI=1S/C23H33N7O4/c1-5-17(15-33-22-27-11-10-21(25)29-22)28-23(31)32-13-12-30(4)16(2)20(14-24)34-19-9-7-6-8-18(19)26-3/h5-11,16,20,22,26,29H,12-13,15,25H2,1-4H3,(H,28,31)/b17-5-/t16-,20?,22?/m0/s1. The topological polar surface area (TPSA) is 146 Å². The monoisotopic (exact) mass is 471 g/mol. The minimum atomic E-state index is -0.708. The molecule has 2 rings (SSSR count). The highest BCUT2D eigenvalue weighted by Gasteiger charge is 2.24. The van der Waals surface area contributed by atoms with E-state index < -0.39 is 18.5 Å². The molecule has 34 heavy (non-hydrogen) atoms. The number of anilines is 1. The quantitative estimate of drug-likeness (QED) is 0.358. The third kappa shape index (κ3) is 8.31. The summed E-state index contributed by atoms with van der Waals surface area (Å²) >= 11 is 0. The second-order valence-electron chi connectivity index (χ2n) is 7.44. The average Bonchev–Trinajstić information content (AvgIpc) is 2.84. The predicted molar refractivity (Wildman–Crippen MR) is 130 cm³/mol. The number of likely N-dealkylation sites (N-methyl/N-ethyl adjacent to an activating group) is 1. The summed E-state index contributed by atoms with van der Waals surface area (Å²) in [6, 6.07) is 9.37. The zero-order valence-corrected chi connectivity index (χ0v) is 19.9. The summed E-state index contributed by atoms with van der Waals surface area (Å²) in [5, 5.41) is 18.2. The molecule has 0 bridgehead atoms. The van der Waals surface area contributed by atoms with Crippen molar-refractivity contribution < 1.29 is 19.0 Å². The van der Waals surface area contributed by atoms with E-state index in [-0.39, 0.29) is 19.3 Å². The molecule has 0 saturated carbocycles. The Kier molecular flexibility index (Phi) is 10.7. The molecule has 0 aliphatic carbocycles. The molecule has 184 valence electrons. The minimum absolute atomic E-state index is 0.111. The van der Waals surface area contributed by atoms with Crippen LogP contribution in [0.3, 0.4) is 0 Å². The molecule has 11 heteroatoms. The number of para-hydroxylation sites is 2. The van der Waals surface area contributed by atoms with Crippen molar-refractivity contribution >= 4 is 18.0 Å². The highest BCUT2D eigenvalue weighted by Crippen LogP contribution is 2.25. The number of nitrogens with zero attached hydrogens (tertiary/aromatic N) is 3. The molecule has 0 aromatic heterocycles. The second kappa shape index (κ2) is 13.7. The largest absolute Gasteiger partial charge is 0.472 e. The maximum Gasteiger partial charge on any atom is 0.411 e. The number of nitrogens with two attached hydrogens (primary N) is 1. The zero-order valence-electron chi connectivity index (χ0n) is 19.9. The van der Waals surface area contributed by atoms with Crippen molar-refractivity contribution in [2.24, 2.45) is 10.7 Å². The number of rotatable bonds is 12. The fourth-order valence-corrected chi connectivity index (χ4v) is 2.90. The Labute approximate surface area is 200 Å². The number of alkyl carbamates (subject to hydrolysis) is 1. The summed E-state index contributed by atoms with van der Waals surface area (Å²) < 4.78 is 16.7. The first-order valence-electron chi connectivity index (χ1n) is 10.9. The van der Waals surface area contributed by atoms with Crippen LogP contribution in [0.15, 0.2) is 52.9 Å². The van der Waals surface area contributed by atoms with Gasteiger partial charge in [0, 0.05) is 25.5 Å². The summed E-state index contributed by atoms with van der Waals surface area (Å²) in [5.74, 6) is 1.05. The van der Waals surface area contributed by atoms with Gasteiger partial charge >= 0.3 is 6.09 Å². The molecule has 0 saturated heterocycles. The van der Waals surface area contributed by atoms with Gasteiger partial charge in [-0.1, -0.05) is 18.2 Å². The number of benzene rings is 1. The number of carbonyl (C=O) groups is 1. The molecule has 1 aromatic rings. The van der Waals surface area contributed by atoms with Gasteiger partial charge in [-0.05, 0) is 39.1 Å². The van der Waals surface area contributed by atoms with Crippen LogP contribution in [0.2, 0.25) is 0 Å². The van der Waals surface area contributed by atoms with Crippen molar-refractivity contribution in [1.82, 2.24) is 15.5 Å². The first-order chi connectivity index (χ1) is 16.4. The summed E-state index contributed by atoms with van der Waals surface area (Å²) in [6.07, 6.45) is 2.94. The van der Waals surface area contributed by atoms with Crippen LogP contribution < -0.4 is 26.4 Å².